The van der Waals surface area contributed by atoms with Crippen molar-refractivity contribution in [3.05, 3.63) is 91.0 Å². The van der Waals surface area contributed by atoms with E-state index in [1.165, 1.54) is 0 Å². The zero-order valence-electron chi connectivity index (χ0n) is 42.3. The summed E-state index contributed by atoms with van der Waals surface area (Å²) in [4.78, 5) is 61.3. The van der Waals surface area contributed by atoms with Crippen molar-refractivity contribution in [1.29, 1.82) is 5.26 Å². The number of benzene rings is 2. The molecule has 0 aliphatic carbocycles. The molecule has 4 fully saturated rings. The number of nitrogens with zero attached hydrogens (tertiary/aromatic N) is 10. The van der Waals surface area contributed by atoms with Gasteiger partial charge in [-0.25, -0.2) is 0 Å². The number of aromatic amines is 2. The summed E-state index contributed by atoms with van der Waals surface area (Å²) >= 11 is 0. The normalized spacial score (nSPS) is 16.6. The van der Waals surface area contributed by atoms with Crippen LogP contribution in [0.15, 0.2) is 85.5 Å². The molecule has 7 aromatic rings. The van der Waals surface area contributed by atoms with Gasteiger partial charge in [0.2, 0.25) is 23.7 Å². The van der Waals surface area contributed by atoms with E-state index >= 15 is 0 Å². The lowest BCUT2D eigenvalue weighted by Crippen LogP contribution is -2.48. The number of aromatic nitrogens is 7. The summed E-state index contributed by atoms with van der Waals surface area (Å²) in [7, 11) is 0. The van der Waals surface area contributed by atoms with Crippen LogP contribution in [-0.2, 0) is 9.59 Å². The third-order valence-corrected chi connectivity index (χ3v) is 14.6. The average molecular weight is 999 g/mol. The third kappa shape index (κ3) is 11.9. The molecular weight excluding hydrogens is 933 g/mol. The number of nitriles is 1. The molecule has 8 N–H and O–H groups in total. The number of amides is 2. The Hall–Kier alpha value is -8.02. The summed E-state index contributed by atoms with van der Waals surface area (Å²) < 4.78 is 0. The zero-order valence-corrected chi connectivity index (χ0v) is 42.3. The number of piperidine rings is 2. The monoisotopic (exact) mass is 999 g/mol. The van der Waals surface area contributed by atoms with E-state index < -0.39 is 0 Å². The van der Waals surface area contributed by atoms with Gasteiger partial charge >= 0.3 is 0 Å². The largest absolute Gasteiger partial charge is 0.369 e. The minimum absolute atomic E-state index is 0.134. The number of nitrogens with one attached hydrogen (secondary N) is 8. The number of H-pyrrole nitrogens is 2. The van der Waals surface area contributed by atoms with Gasteiger partial charge in [0.05, 0.1) is 16.3 Å². The number of pyridine rings is 1. The summed E-state index contributed by atoms with van der Waals surface area (Å²) in [5.74, 6) is 3.98. The van der Waals surface area contributed by atoms with Crippen LogP contribution >= 0.6 is 0 Å². The van der Waals surface area contributed by atoms with Gasteiger partial charge < -0.3 is 61.5 Å². The molecule has 0 radical (unpaired) electrons. The van der Waals surface area contributed by atoms with Crippen LogP contribution in [0.25, 0.3) is 33.2 Å². The molecular formula is C54H66N18O2. The summed E-state index contributed by atoms with van der Waals surface area (Å²) in [6.07, 6.45) is 11.9. The number of hydrogen-bond donors (Lipinski definition) is 8. The van der Waals surface area contributed by atoms with E-state index in [1.54, 1.807) is 32.4 Å². The fraction of sp³-hybridized carbons (Fsp3) is 0.407. The van der Waals surface area contributed by atoms with Crippen LogP contribution in [0.3, 0.4) is 0 Å². The maximum atomic E-state index is 11.6. The maximum Gasteiger partial charge on any atom is 0.231 e. The van der Waals surface area contributed by atoms with E-state index in [9.17, 15) is 14.9 Å². The molecule has 4 aliphatic rings. The lowest BCUT2D eigenvalue weighted by molar-refractivity contribution is -0.129. The lowest BCUT2D eigenvalue weighted by Gasteiger charge is -2.35. The van der Waals surface area contributed by atoms with Crippen LogP contribution in [-0.4, -0.2) is 148 Å². The van der Waals surface area contributed by atoms with E-state index in [0.29, 0.717) is 40.8 Å². The minimum Gasteiger partial charge on any atom is -0.369 e. The molecule has 5 aromatic heterocycles. The second-order valence-corrected chi connectivity index (χ2v) is 19.5. The van der Waals surface area contributed by atoms with Gasteiger partial charge in [-0.05, 0) is 130 Å². The molecule has 9 heterocycles. The number of rotatable bonds is 13. The molecule has 0 spiro atoms. The van der Waals surface area contributed by atoms with Gasteiger partial charge in [0.25, 0.3) is 0 Å². The highest BCUT2D eigenvalue weighted by molar-refractivity contribution is 6.01. The van der Waals surface area contributed by atoms with E-state index in [1.807, 2.05) is 40.3 Å². The second-order valence-electron chi connectivity index (χ2n) is 19.5. The first-order valence-electron chi connectivity index (χ1n) is 26.0. The molecule has 0 unspecified atom stereocenters. The van der Waals surface area contributed by atoms with Crippen molar-refractivity contribution in [1.82, 2.24) is 55.3 Å². The topological polar surface area (TPSA) is 239 Å². The van der Waals surface area contributed by atoms with Gasteiger partial charge in [-0.15, -0.1) is 0 Å². The molecule has 0 bridgehead atoms. The van der Waals surface area contributed by atoms with Crippen molar-refractivity contribution < 1.29 is 9.59 Å². The molecule has 20 heteroatoms. The molecule has 0 saturated carbocycles. The van der Waals surface area contributed by atoms with Crippen molar-refractivity contribution in [3.63, 3.8) is 0 Å². The van der Waals surface area contributed by atoms with Crippen LogP contribution in [0, 0.1) is 23.2 Å². The Labute approximate surface area is 431 Å². The Balaban J connectivity index is 0.000000170. The summed E-state index contributed by atoms with van der Waals surface area (Å²) in [6.45, 7) is 15.5. The number of hydrogen-bond acceptors (Lipinski definition) is 16. The first-order valence-corrected chi connectivity index (χ1v) is 26.0. The van der Waals surface area contributed by atoms with E-state index in [4.69, 9.17) is 15.0 Å². The molecule has 2 amide bonds. The predicted molar refractivity (Wildman–Crippen MR) is 292 cm³/mol. The zero-order chi connectivity index (χ0) is 50.8. The molecule has 4 aliphatic heterocycles. The SMILES string of the molecule is CC(=O)N1CCN(c2ccc(Nc3nc(NCC4CCNCC4)c4c(-c5ccncc5)c[nH]c4n3)cc2)CC1.CC(=O)N1CCN(c2ccc(Nc3nc(NCC4CCNCC4)c4c(C#N)c[nH]c4n3)cc2)CC1. The van der Waals surface area contributed by atoms with Crippen molar-refractivity contribution in [2.45, 2.75) is 39.5 Å². The highest BCUT2D eigenvalue weighted by atomic mass is 16.2. The Morgan fingerprint density at radius 3 is 1.50 bits per heavy atom. The van der Waals surface area contributed by atoms with Gasteiger partial charge in [0.15, 0.2) is 0 Å². The highest BCUT2D eigenvalue weighted by Gasteiger charge is 2.23. The number of carbonyl (C=O) groups is 2. The quantitative estimate of drug-likeness (QED) is 0.0616. The van der Waals surface area contributed by atoms with Crippen molar-refractivity contribution >= 4 is 80.2 Å². The highest BCUT2D eigenvalue weighted by Crippen LogP contribution is 2.34. The molecule has 4 saturated heterocycles. The fourth-order valence-electron chi connectivity index (χ4n) is 10.3. The van der Waals surface area contributed by atoms with Gasteiger partial charge in [0, 0.05) is 132 Å². The van der Waals surface area contributed by atoms with Crippen molar-refractivity contribution in [3.8, 4) is 17.2 Å². The first kappa shape index (κ1) is 49.6. The second kappa shape index (κ2) is 23.2. The van der Waals surface area contributed by atoms with Gasteiger partial charge in [-0.1, -0.05) is 0 Å². The first-order chi connectivity index (χ1) is 36.2. The standard InChI is InChI=1S/C29H35N9O.C25H31N9O/c1-20(39)37-14-16-38(17-15-37)24-4-2-23(3-5-24)34-29-35-27(32-18-21-6-10-30-11-7-21)26-25(19-33-28(26)36-29)22-8-12-31-13-9-22;1-17(35)33-10-12-34(13-11-33)21-4-2-20(3-5-21)30-25-31-23(28-15-18-6-8-27-9-7-18)22-19(14-26)16-29-24(22)32-25/h2-5,8-9,12-13,19,21,30H,6-7,10-11,14-18H2,1H3,(H3,32,33,34,35,36);2-5,16,18,27H,6-13,15H2,1H3,(H3,28,29,30,31,32). The Kier molecular flexibility index (Phi) is 15.6. The van der Waals surface area contributed by atoms with Crippen LogP contribution < -0.4 is 41.7 Å². The van der Waals surface area contributed by atoms with Gasteiger partial charge in [-0.2, -0.15) is 25.2 Å². The molecule has 384 valence electrons. The number of carbonyl (C=O) groups excluding carboxylic acids is 2. The van der Waals surface area contributed by atoms with E-state index in [2.05, 4.69) is 104 Å². The van der Waals surface area contributed by atoms with Crippen LogP contribution in [0.2, 0.25) is 0 Å². The Morgan fingerprint density at radius 2 is 1.04 bits per heavy atom. The molecule has 20 nitrogen and oxygen atoms in total. The van der Waals surface area contributed by atoms with Crippen LogP contribution in [0.4, 0.5) is 46.3 Å². The third-order valence-electron chi connectivity index (χ3n) is 14.6. The fourth-order valence-corrected chi connectivity index (χ4v) is 10.3. The van der Waals surface area contributed by atoms with Crippen molar-refractivity contribution in [2.24, 2.45) is 11.8 Å². The van der Waals surface area contributed by atoms with Gasteiger partial charge in [-0.3, -0.25) is 14.6 Å². The summed E-state index contributed by atoms with van der Waals surface area (Å²) in [5.41, 5.74) is 8.16. The number of anilines is 8. The lowest BCUT2D eigenvalue weighted by atomic mass is 9.98. The average Bonchev–Trinajstić information content (AvgIpc) is 4.08. The summed E-state index contributed by atoms with van der Waals surface area (Å²) in [5, 5.41) is 31.9. The number of fused-ring (bicyclic) bond motifs is 2. The number of piperazine rings is 2. The van der Waals surface area contributed by atoms with E-state index in [0.717, 1.165) is 173 Å². The summed E-state index contributed by atoms with van der Waals surface area (Å²) in [6, 6.07) is 22.7. The smallest absolute Gasteiger partial charge is 0.231 e. The molecule has 0 atom stereocenters. The minimum atomic E-state index is 0.134. The Bertz CT molecular complexity index is 3030. The molecule has 2 aromatic carbocycles. The molecule has 74 heavy (non-hydrogen) atoms. The van der Waals surface area contributed by atoms with Crippen molar-refractivity contribution in [2.75, 3.05) is 123 Å². The van der Waals surface area contributed by atoms with Crippen LogP contribution in [0.5, 0.6) is 0 Å². The maximum absolute atomic E-state index is 11.6. The van der Waals surface area contributed by atoms with Crippen LogP contribution in [0.1, 0.15) is 45.1 Å². The predicted octanol–water partition coefficient (Wildman–Crippen LogP) is 6.50. The Morgan fingerprint density at radius 1 is 0.595 bits per heavy atom. The van der Waals surface area contributed by atoms with Gasteiger partial charge in [0.1, 0.15) is 29.0 Å². The van der Waals surface area contributed by atoms with E-state index in [-0.39, 0.29) is 11.8 Å². The molecule has 11 rings (SSSR count).